The summed E-state index contributed by atoms with van der Waals surface area (Å²) in [5.41, 5.74) is 1.55. The van der Waals surface area contributed by atoms with Gasteiger partial charge in [-0.15, -0.1) is 0 Å². The van der Waals surface area contributed by atoms with Crippen molar-refractivity contribution in [2.45, 2.75) is 25.8 Å². The molecule has 1 aromatic heterocycles. The maximum atomic E-state index is 12.4. The molecule has 1 amide bonds. The van der Waals surface area contributed by atoms with Crippen LogP contribution < -0.4 is 10.6 Å². The SMILES string of the molecule is CC(NC(=O)c1cnn(-c2ccccc2)c1)C1CCCNC1. The summed E-state index contributed by atoms with van der Waals surface area (Å²) < 4.78 is 1.72. The Morgan fingerprint density at radius 2 is 2.23 bits per heavy atom. The standard InChI is InChI=1S/C17H22N4O/c1-13(14-6-5-9-18-10-14)20-17(22)15-11-19-21(12-15)16-7-3-2-4-8-16/h2-4,7-8,11-14,18H,5-6,9-10H2,1H3,(H,20,22). The number of nitrogens with one attached hydrogen (secondary N) is 2. The molecule has 0 aliphatic carbocycles. The fourth-order valence-electron chi connectivity index (χ4n) is 2.88. The molecule has 1 aliphatic heterocycles. The molecule has 1 fully saturated rings. The van der Waals surface area contributed by atoms with E-state index in [4.69, 9.17) is 0 Å². The van der Waals surface area contributed by atoms with Crippen LogP contribution in [0.25, 0.3) is 5.69 Å². The highest BCUT2D eigenvalue weighted by atomic mass is 16.1. The first-order chi connectivity index (χ1) is 10.7. The van der Waals surface area contributed by atoms with Crippen molar-refractivity contribution < 1.29 is 4.79 Å². The molecule has 2 aromatic rings. The summed E-state index contributed by atoms with van der Waals surface area (Å²) in [5, 5.41) is 10.8. The fourth-order valence-corrected chi connectivity index (χ4v) is 2.88. The molecule has 0 bridgehead atoms. The van der Waals surface area contributed by atoms with E-state index in [0.717, 1.165) is 25.2 Å². The highest BCUT2D eigenvalue weighted by Crippen LogP contribution is 2.15. The summed E-state index contributed by atoms with van der Waals surface area (Å²) in [6.45, 7) is 4.14. The number of para-hydroxylation sites is 1. The third-order valence-corrected chi connectivity index (χ3v) is 4.27. The largest absolute Gasteiger partial charge is 0.349 e. The van der Waals surface area contributed by atoms with Crippen molar-refractivity contribution in [3.8, 4) is 5.69 Å². The predicted molar refractivity (Wildman–Crippen MR) is 86.1 cm³/mol. The third kappa shape index (κ3) is 3.36. The second kappa shape index (κ2) is 6.75. The van der Waals surface area contributed by atoms with E-state index in [1.807, 2.05) is 30.3 Å². The Labute approximate surface area is 130 Å². The third-order valence-electron chi connectivity index (χ3n) is 4.27. The number of nitrogens with zero attached hydrogens (tertiary/aromatic N) is 2. The normalized spacial score (nSPS) is 19.6. The molecule has 5 heteroatoms. The number of amides is 1. The summed E-state index contributed by atoms with van der Waals surface area (Å²) in [5.74, 6) is 0.446. The fraction of sp³-hybridized carbons (Fsp3) is 0.412. The Hall–Kier alpha value is -2.14. The number of aromatic nitrogens is 2. The molecule has 2 atom stereocenters. The summed E-state index contributed by atoms with van der Waals surface area (Å²) in [6, 6.07) is 9.96. The van der Waals surface area contributed by atoms with Crippen molar-refractivity contribution in [3.05, 3.63) is 48.3 Å². The summed E-state index contributed by atoms with van der Waals surface area (Å²) >= 11 is 0. The number of carbonyl (C=O) groups is 1. The van der Waals surface area contributed by atoms with Crippen LogP contribution in [-0.2, 0) is 0 Å². The van der Waals surface area contributed by atoms with Crippen molar-refractivity contribution in [1.82, 2.24) is 20.4 Å². The minimum absolute atomic E-state index is 0.0553. The topological polar surface area (TPSA) is 59.0 Å². The van der Waals surface area contributed by atoms with Gasteiger partial charge in [0, 0.05) is 12.2 Å². The summed E-state index contributed by atoms with van der Waals surface area (Å²) in [7, 11) is 0. The lowest BCUT2D eigenvalue weighted by molar-refractivity contribution is 0.0922. The molecule has 0 saturated carbocycles. The number of hydrogen-bond donors (Lipinski definition) is 2. The molecule has 1 aromatic carbocycles. The Kier molecular flexibility index (Phi) is 4.53. The summed E-state index contributed by atoms with van der Waals surface area (Å²) in [4.78, 5) is 12.4. The Morgan fingerprint density at radius 3 is 2.95 bits per heavy atom. The quantitative estimate of drug-likeness (QED) is 0.907. The van der Waals surface area contributed by atoms with Crippen LogP contribution in [0.15, 0.2) is 42.7 Å². The van der Waals surface area contributed by atoms with E-state index in [9.17, 15) is 4.79 Å². The zero-order valence-electron chi connectivity index (χ0n) is 12.8. The van der Waals surface area contributed by atoms with Gasteiger partial charge in [-0.1, -0.05) is 18.2 Å². The molecule has 1 saturated heterocycles. The molecule has 116 valence electrons. The minimum Gasteiger partial charge on any atom is -0.349 e. The van der Waals surface area contributed by atoms with Gasteiger partial charge >= 0.3 is 0 Å². The Balaban J connectivity index is 1.64. The smallest absolute Gasteiger partial charge is 0.254 e. The summed E-state index contributed by atoms with van der Waals surface area (Å²) in [6.07, 6.45) is 5.74. The first-order valence-corrected chi connectivity index (χ1v) is 7.86. The van der Waals surface area contributed by atoms with Gasteiger partial charge in [-0.3, -0.25) is 4.79 Å². The average Bonchev–Trinajstić information content (AvgIpc) is 3.06. The predicted octanol–water partition coefficient (Wildman–Crippen LogP) is 1.99. The monoisotopic (exact) mass is 298 g/mol. The van der Waals surface area contributed by atoms with Crippen LogP contribution in [0.3, 0.4) is 0 Å². The molecular weight excluding hydrogens is 276 g/mol. The number of benzene rings is 1. The first kappa shape index (κ1) is 14.8. The molecular formula is C17H22N4O. The molecule has 22 heavy (non-hydrogen) atoms. The Morgan fingerprint density at radius 1 is 1.41 bits per heavy atom. The molecule has 0 spiro atoms. The van der Waals surface area contributed by atoms with Gasteiger partial charge in [0.2, 0.25) is 0 Å². The van der Waals surface area contributed by atoms with E-state index >= 15 is 0 Å². The number of carbonyl (C=O) groups excluding carboxylic acids is 1. The van der Waals surface area contributed by atoms with E-state index in [1.54, 1.807) is 17.1 Å². The van der Waals surface area contributed by atoms with Gasteiger partial charge in [0.05, 0.1) is 17.4 Å². The second-order valence-electron chi connectivity index (χ2n) is 5.88. The van der Waals surface area contributed by atoms with Crippen LogP contribution in [0.4, 0.5) is 0 Å². The molecule has 5 nitrogen and oxygen atoms in total. The molecule has 0 radical (unpaired) electrons. The van der Waals surface area contributed by atoms with Crippen molar-refractivity contribution in [3.63, 3.8) is 0 Å². The molecule has 2 N–H and O–H groups in total. The second-order valence-corrected chi connectivity index (χ2v) is 5.88. The number of hydrogen-bond acceptors (Lipinski definition) is 3. The van der Waals surface area contributed by atoms with Crippen LogP contribution in [0, 0.1) is 5.92 Å². The van der Waals surface area contributed by atoms with Crippen LogP contribution >= 0.6 is 0 Å². The lowest BCUT2D eigenvalue weighted by Crippen LogP contribution is -2.44. The number of rotatable bonds is 4. The van der Waals surface area contributed by atoms with Crippen molar-refractivity contribution >= 4 is 5.91 Å². The lowest BCUT2D eigenvalue weighted by atomic mass is 9.93. The van der Waals surface area contributed by atoms with Gasteiger partial charge in [-0.05, 0) is 50.9 Å². The van der Waals surface area contributed by atoms with Gasteiger partial charge in [-0.2, -0.15) is 5.10 Å². The highest BCUT2D eigenvalue weighted by Gasteiger charge is 2.22. The zero-order chi connectivity index (χ0) is 15.4. The molecule has 2 unspecified atom stereocenters. The van der Waals surface area contributed by atoms with E-state index in [0.29, 0.717) is 11.5 Å². The van der Waals surface area contributed by atoms with E-state index < -0.39 is 0 Å². The minimum atomic E-state index is -0.0553. The average molecular weight is 298 g/mol. The molecule has 3 rings (SSSR count). The van der Waals surface area contributed by atoms with Crippen molar-refractivity contribution in [2.24, 2.45) is 5.92 Å². The van der Waals surface area contributed by atoms with Crippen LogP contribution in [-0.4, -0.2) is 34.8 Å². The maximum Gasteiger partial charge on any atom is 0.254 e. The van der Waals surface area contributed by atoms with Gasteiger partial charge in [-0.25, -0.2) is 4.68 Å². The van der Waals surface area contributed by atoms with Crippen molar-refractivity contribution in [1.29, 1.82) is 0 Å². The first-order valence-electron chi connectivity index (χ1n) is 7.86. The molecule has 1 aliphatic rings. The van der Waals surface area contributed by atoms with E-state index in [1.165, 1.54) is 6.42 Å². The van der Waals surface area contributed by atoms with Gasteiger partial charge in [0.1, 0.15) is 0 Å². The van der Waals surface area contributed by atoms with E-state index in [-0.39, 0.29) is 11.9 Å². The Bertz CT molecular complexity index is 617. The van der Waals surface area contributed by atoms with Crippen LogP contribution in [0.1, 0.15) is 30.1 Å². The van der Waals surface area contributed by atoms with Crippen molar-refractivity contribution in [2.75, 3.05) is 13.1 Å². The lowest BCUT2D eigenvalue weighted by Gasteiger charge is -2.28. The van der Waals surface area contributed by atoms with Gasteiger partial charge < -0.3 is 10.6 Å². The number of piperidine rings is 1. The van der Waals surface area contributed by atoms with E-state index in [2.05, 4.69) is 22.7 Å². The van der Waals surface area contributed by atoms with Gasteiger partial charge in [0.15, 0.2) is 0 Å². The molecule has 2 heterocycles. The van der Waals surface area contributed by atoms with Crippen LogP contribution in [0.2, 0.25) is 0 Å². The highest BCUT2D eigenvalue weighted by molar-refractivity contribution is 5.94. The van der Waals surface area contributed by atoms with Crippen LogP contribution in [0.5, 0.6) is 0 Å². The van der Waals surface area contributed by atoms with Gasteiger partial charge in [0.25, 0.3) is 5.91 Å². The maximum absolute atomic E-state index is 12.4. The zero-order valence-corrected chi connectivity index (χ0v) is 12.8.